The highest BCUT2D eigenvalue weighted by Gasteiger charge is 2.16. The molecule has 112 valence electrons. The second-order valence-corrected chi connectivity index (χ2v) is 6.35. The Hall–Kier alpha value is -1.51. The Kier molecular flexibility index (Phi) is 4.18. The number of hydrogen-bond donors (Lipinski definition) is 0. The van der Waals surface area contributed by atoms with Gasteiger partial charge in [0.1, 0.15) is 10.0 Å². The molecule has 2 aromatic heterocycles. The van der Waals surface area contributed by atoms with Gasteiger partial charge in [-0.1, -0.05) is 16.1 Å². The monoisotopic (exact) mass is 326 g/mol. The zero-order chi connectivity index (χ0) is 14.8. The van der Waals surface area contributed by atoms with E-state index in [-0.39, 0.29) is 12.1 Å². The highest BCUT2D eigenvalue weighted by molar-refractivity contribution is 7.10. The van der Waals surface area contributed by atoms with Crippen molar-refractivity contribution in [1.29, 1.82) is 0 Å². The molecule has 0 N–H and O–H groups in total. The van der Waals surface area contributed by atoms with Crippen molar-refractivity contribution >= 4 is 28.8 Å². The van der Waals surface area contributed by atoms with E-state index in [1.807, 2.05) is 0 Å². The van der Waals surface area contributed by atoms with Crippen molar-refractivity contribution in [3.05, 3.63) is 32.6 Å². The number of hydrogen-bond acceptors (Lipinski definition) is 7. The zero-order valence-electron chi connectivity index (χ0n) is 11.6. The number of halogens is 1. The van der Waals surface area contributed by atoms with Crippen LogP contribution in [0.2, 0.25) is 4.34 Å². The van der Waals surface area contributed by atoms with E-state index in [1.165, 1.54) is 4.68 Å². The molecular formula is C12H15ClN6OS. The third-order valence-electron chi connectivity index (χ3n) is 3.53. The molecule has 0 spiro atoms. The SMILES string of the molecule is CN1CCN(c2cnn(Cc3nnsc3Cl)c(=O)c2)CC1. The Labute approximate surface area is 130 Å². The third kappa shape index (κ3) is 3.22. The molecule has 1 fully saturated rings. The fourth-order valence-corrected chi connectivity index (χ4v) is 2.83. The van der Waals surface area contributed by atoms with E-state index >= 15 is 0 Å². The summed E-state index contributed by atoms with van der Waals surface area (Å²) in [7, 11) is 2.10. The van der Waals surface area contributed by atoms with Gasteiger partial charge in [0, 0.05) is 43.8 Å². The molecule has 0 amide bonds. The molecule has 0 bridgehead atoms. The minimum Gasteiger partial charge on any atom is -0.368 e. The molecule has 0 unspecified atom stereocenters. The molecule has 9 heteroatoms. The summed E-state index contributed by atoms with van der Waals surface area (Å²) in [6.07, 6.45) is 1.72. The number of aromatic nitrogens is 4. The van der Waals surface area contributed by atoms with Crippen molar-refractivity contribution < 1.29 is 0 Å². The average Bonchev–Trinajstić information content (AvgIpc) is 2.87. The van der Waals surface area contributed by atoms with Crippen LogP contribution in [-0.4, -0.2) is 57.5 Å². The summed E-state index contributed by atoms with van der Waals surface area (Å²) in [6.45, 7) is 4.04. The maximum absolute atomic E-state index is 12.2. The lowest BCUT2D eigenvalue weighted by atomic mass is 10.3. The van der Waals surface area contributed by atoms with Crippen molar-refractivity contribution in [3.63, 3.8) is 0 Å². The Morgan fingerprint density at radius 2 is 2.10 bits per heavy atom. The normalized spacial score (nSPS) is 16.4. The molecule has 0 aliphatic carbocycles. The van der Waals surface area contributed by atoms with E-state index < -0.39 is 0 Å². The van der Waals surface area contributed by atoms with E-state index in [2.05, 4.69) is 31.5 Å². The highest BCUT2D eigenvalue weighted by Crippen LogP contribution is 2.18. The second kappa shape index (κ2) is 6.08. The van der Waals surface area contributed by atoms with Gasteiger partial charge in [0.15, 0.2) is 0 Å². The van der Waals surface area contributed by atoms with Crippen LogP contribution < -0.4 is 10.5 Å². The fourth-order valence-electron chi connectivity index (χ4n) is 2.21. The Morgan fingerprint density at radius 3 is 2.71 bits per heavy atom. The summed E-state index contributed by atoms with van der Waals surface area (Å²) < 4.78 is 5.59. The Balaban J connectivity index is 1.77. The molecule has 0 aromatic carbocycles. The first-order valence-corrected chi connectivity index (χ1v) is 7.76. The minimum absolute atomic E-state index is 0.157. The molecule has 21 heavy (non-hydrogen) atoms. The van der Waals surface area contributed by atoms with Crippen LogP contribution in [0.4, 0.5) is 5.69 Å². The fraction of sp³-hybridized carbons (Fsp3) is 0.500. The maximum atomic E-state index is 12.2. The lowest BCUT2D eigenvalue weighted by Gasteiger charge is -2.33. The van der Waals surface area contributed by atoms with Gasteiger partial charge in [0.2, 0.25) is 0 Å². The molecule has 0 atom stereocenters. The van der Waals surface area contributed by atoms with E-state index in [0.29, 0.717) is 10.0 Å². The van der Waals surface area contributed by atoms with E-state index in [9.17, 15) is 4.79 Å². The molecule has 0 radical (unpaired) electrons. The van der Waals surface area contributed by atoms with Gasteiger partial charge in [0.05, 0.1) is 18.4 Å². The standard InChI is InChI=1S/C12H15ClN6OS/c1-17-2-4-18(5-3-17)9-6-11(20)19(14-7-9)8-10-12(13)21-16-15-10/h6-7H,2-5,8H2,1H3. The summed E-state index contributed by atoms with van der Waals surface area (Å²) in [4.78, 5) is 16.6. The average molecular weight is 327 g/mol. The Bertz CT molecular complexity index is 678. The number of likely N-dealkylation sites (N-methyl/N-ethyl adjacent to an activating group) is 1. The molecule has 3 rings (SSSR count). The van der Waals surface area contributed by atoms with Gasteiger partial charge in [-0.3, -0.25) is 4.79 Å². The topological polar surface area (TPSA) is 67.2 Å². The van der Waals surface area contributed by atoms with Crippen LogP contribution >= 0.6 is 23.1 Å². The van der Waals surface area contributed by atoms with Gasteiger partial charge in [0.25, 0.3) is 5.56 Å². The summed E-state index contributed by atoms with van der Waals surface area (Å²) >= 11 is 7.05. The van der Waals surface area contributed by atoms with Gasteiger partial charge in [-0.25, -0.2) is 4.68 Å². The predicted molar refractivity (Wildman–Crippen MR) is 82.2 cm³/mol. The lowest BCUT2D eigenvalue weighted by molar-refractivity contribution is 0.312. The molecule has 7 nitrogen and oxygen atoms in total. The van der Waals surface area contributed by atoms with Crippen LogP contribution in [0.25, 0.3) is 0 Å². The molecule has 2 aromatic rings. The van der Waals surface area contributed by atoms with E-state index in [4.69, 9.17) is 11.6 Å². The predicted octanol–water partition coefficient (Wildman–Crippen LogP) is 0.548. The number of piperazine rings is 1. The van der Waals surface area contributed by atoms with Gasteiger partial charge in [-0.05, 0) is 7.05 Å². The maximum Gasteiger partial charge on any atom is 0.269 e. The van der Waals surface area contributed by atoms with Crippen LogP contribution in [0.15, 0.2) is 17.1 Å². The Morgan fingerprint density at radius 1 is 1.33 bits per heavy atom. The van der Waals surface area contributed by atoms with Gasteiger partial charge >= 0.3 is 0 Å². The molecule has 1 aliphatic rings. The van der Waals surface area contributed by atoms with Crippen molar-refractivity contribution in [3.8, 4) is 0 Å². The smallest absolute Gasteiger partial charge is 0.269 e. The first kappa shape index (κ1) is 14.4. The number of rotatable bonds is 3. The van der Waals surface area contributed by atoms with E-state index in [1.54, 1.807) is 12.3 Å². The first-order valence-electron chi connectivity index (χ1n) is 6.61. The summed E-state index contributed by atoms with van der Waals surface area (Å²) in [5, 5.41) is 8.11. The molecule has 1 saturated heterocycles. The second-order valence-electron chi connectivity index (χ2n) is 4.99. The first-order chi connectivity index (χ1) is 10.1. The molecule has 3 heterocycles. The summed E-state index contributed by atoms with van der Waals surface area (Å²) in [5.74, 6) is 0. The summed E-state index contributed by atoms with van der Waals surface area (Å²) in [5.41, 5.74) is 1.28. The van der Waals surface area contributed by atoms with Crippen molar-refractivity contribution in [2.45, 2.75) is 6.54 Å². The lowest BCUT2D eigenvalue weighted by Crippen LogP contribution is -2.45. The quantitative estimate of drug-likeness (QED) is 0.820. The zero-order valence-corrected chi connectivity index (χ0v) is 13.1. The molecular weight excluding hydrogens is 312 g/mol. The molecule has 0 saturated carbocycles. The van der Waals surface area contributed by atoms with Crippen molar-refractivity contribution in [1.82, 2.24) is 24.3 Å². The largest absolute Gasteiger partial charge is 0.368 e. The number of anilines is 1. The van der Waals surface area contributed by atoms with Crippen LogP contribution in [0.1, 0.15) is 5.69 Å². The van der Waals surface area contributed by atoms with Gasteiger partial charge in [-0.2, -0.15) is 5.10 Å². The summed E-state index contributed by atoms with van der Waals surface area (Å²) in [6, 6.07) is 1.62. The third-order valence-corrected chi connectivity index (χ3v) is 4.52. The van der Waals surface area contributed by atoms with Gasteiger partial charge < -0.3 is 9.80 Å². The van der Waals surface area contributed by atoms with Crippen LogP contribution in [0.5, 0.6) is 0 Å². The minimum atomic E-state index is -0.157. The van der Waals surface area contributed by atoms with Gasteiger partial charge in [-0.15, -0.1) is 5.10 Å². The highest BCUT2D eigenvalue weighted by atomic mass is 35.5. The van der Waals surface area contributed by atoms with Crippen LogP contribution in [-0.2, 0) is 6.54 Å². The van der Waals surface area contributed by atoms with Crippen molar-refractivity contribution in [2.24, 2.45) is 0 Å². The van der Waals surface area contributed by atoms with E-state index in [0.717, 1.165) is 43.4 Å². The van der Waals surface area contributed by atoms with Crippen LogP contribution in [0.3, 0.4) is 0 Å². The van der Waals surface area contributed by atoms with Crippen molar-refractivity contribution in [2.75, 3.05) is 38.1 Å². The molecule has 1 aliphatic heterocycles. The number of nitrogens with zero attached hydrogens (tertiary/aromatic N) is 6. The van der Waals surface area contributed by atoms with Crippen LogP contribution in [0, 0.1) is 0 Å².